The summed E-state index contributed by atoms with van der Waals surface area (Å²) in [6.07, 6.45) is -2.21. The topological polar surface area (TPSA) is 15.3 Å². The third-order valence-electron chi connectivity index (χ3n) is 4.06. The van der Waals surface area contributed by atoms with Crippen LogP contribution in [-0.2, 0) is 6.18 Å². The van der Waals surface area contributed by atoms with Gasteiger partial charge in [0.2, 0.25) is 0 Å². The van der Waals surface area contributed by atoms with Crippen LogP contribution in [0.2, 0.25) is 0 Å². The summed E-state index contributed by atoms with van der Waals surface area (Å²) in [7, 11) is 0. The molecule has 1 fully saturated rings. The number of nitrogens with zero attached hydrogens (tertiary/aromatic N) is 1. The predicted molar refractivity (Wildman–Crippen MR) is 69.5 cm³/mol. The molecule has 1 saturated carbocycles. The van der Waals surface area contributed by atoms with Crippen LogP contribution in [0.15, 0.2) is 18.2 Å². The number of rotatable bonds is 1. The Kier molecular flexibility index (Phi) is 2.53. The van der Waals surface area contributed by atoms with Gasteiger partial charge in [-0.05, 0) is 38.8 Å². The highest BCUT2D eigenvalue weighted by Crippen LogP contribution is 2.52. The minimum atomic E-state index is -4.31. The van der Waals surface area contributed by atoms with Crippen molar-refractivity contribution in [1.29, 1.82) is 0 Å². The Morgan fingerprint density at radius 3 is 2.47 bits per heavy atom. The van der Waals surface area contributed by atoms with E-state index in [2.05, 4.69) is 10.2 Å². The zero-order valence-electron chi connectivity index (χ0n) is 11.0. The van der Waals surface area contributed by atoms with E-state index >= 15 is 0 Å². The van der Waals surface area contributed by atoms with Gasteiger partial charge in [0, 0.05) is 12.6 Å². The van der Waals surface area contributed by atoms with Crippen LogP contribution in [0.1, 0.15) is 32.3 Å². The zero-order valence-corrected chi connectivity index (χ0v) is 11.0. The number of hydrogen-bond acceptors (Lipinski definition) is 2. The lowest BCUT2D eigenvalue weighted by Crippen LogP contribution is -2.50. The van der Waals surface area contributed by atoms with E-state index in [1.807, 2.05) is 13.8 Å². The number of fused-ring (bicyclic) bond motifs is 1. The van der Waals surface area contributed by atoms with E-state index in [0.717, 1.165) is 18.9 Å². The highest BCUT2D eigenvalue weighted by Gasteiger charge is 2.52. The first-order valence-electron chi connectivity index (χ1n) is 6.59. The molecule has 1 heterocycles. The average Bonchev–Trinajstić information content (AvgIpc) is 3.06. The van der Waals surface area contributed by atoms with Crippen LogP contribution < -0.4 is 10.2 Å². The fourth-order valence-corrected chi connectivity index (χ4v) is 3.14. The molecule has 1 N–H and O–H groups in total. The van der Waals surface area contributed by atoms with Crippen molar-refractivity contribution in [2.45, 2.75) is 44.4 Å². The molecule has 5 heteroatoms. The molecule has 0 unspecified atom stereocenters. The maximum absolute atomic E-state index is 13.1. The van der Waals surface area contributed by atoms with E-state index in [4.69, 9.17) is 0 Å². The normalized spacial score (nSPS) is 20.4. The lowest BCUT2D eigenvalue weighted by Gasteiger charge is -2.43. The largest absolute Gasteiger partial charge is 0.418 e. The van der Waals surface area contributed by atoms with Gasteiger partial charge in [-0.15, -0.1) is 0 Å². The van der Waals surface area contributed by atoms with E-state index in [1.165, 1.54) is 6.07 Å². The van der Waals surface area contributed by atoms with Crippen molar-refractivity contribution in [2.75, 3.05) is 16.8 Å². The molecule has 1 aliphatic carbocycles. The van der Waals surface area contributed by atoms with Crippen LogP contribution in [0.5, 0.6) is 0 Å². The van der Waals surface area contributed by atoms with E-state index in [9.17, 15) is 13.2 Å². The van der Waals surface area contributed by atoms with Gasteiger partial charge in [0.25, 0.3) is 0 Å². The Labute approximate surface area is 110 Å². The van der Waals surface area contributed by atoms with Gasteiger partial charge in [0.05, 0.1) is 22.5 Å². The fraction of sp³-hybridized carbons (Fsp3) is 0.571. The second-order valence-corrected chi connectivity index (χ2v) is 5.74. The van der Waals surface area contributed by atoms with Gasteiger partial charge in [0.15, 0.2) is 0 Å². The molecule has 0 bridgehead atoms. The van der Waals surface area contributed by atoms with Crippen LogP contribution in [0.3, 0.4) is 0 Å². The van der Waals surface area contributed by atoms with Gasteiger partial charge < -0.3 is 10.2 Å². The molecule has 0 atom stereocenters. The summed E-state index contributed by atoms with van der Waals surface area (Å²) in [6.45, 7) is 4.68. The number of alkyl halides is 3. The Morgan fingerprint density at radius 1 is 1.26 bits per heavy atom. The molecule has 1 aromatic carbocycles. The number of anilines is 2. The summed E-state index contributed by atoms with van der Waals surface area (Å²) in [5, 5.41) is 3.01. The van der Waals surface area contributed by atoms with Crippen molar-refractivity contribution >= 4 is 11.4 Å². The lowest BCUT2D eigenvalue weighted by atomic mass is 10.0. The van der Waals surface area contributed by atoms with Gasteiger partial charge >= 0.3 is 6.18 Å². The molecule has 0 aromatic heterocycles. The predicted octanol–water partition coefficient (Wildman–Crippen LogP) is 3.88. The van der Waals surface area contributed by atoms with E-state index in [0.29, 0.717) is 12.2 Å². The quantitative estimate of drug-likeness (QED) is 0.833. The Bertz CT molecular complexity index is 504. The van der Waals surface area contributed by atoms with Crippen molar-refractivity contribution in [3.05, 3.63) is 23.8 Å². The summed E-state index contributed by atoms with van der Waals surface area (Å²) in [4.78, 5) is 2.16. The number of nitrogens with one attached hydrogen (secondary N) is 1. The van der Waals surface area contributed by atoms with Gasteiger partial charge in [-0.25, -0.2) is 0 Å². The maximum Gasteiger partial charge on any atom is 0.418 e. The number of hydrogen-bond donors (Lipinski definition) is 1. The monoisotopic (exact) mass is 270 g/mol. The molecular formula is C14H17F3N2. The first-order chi connectivity index (χ1) is 8.85. The first kappa shape index (κ1) is 12.6. The Hall–Kier alpha value is -1.39. The summed E-state index contributed by atoms with van der Waals surface area (Å²) in [5.41, 5.74) is 0.395. The highest BCUT2D eigenvalue weighted by molar-refractivity contribution is 5.78. The fourth-order valence-electron chi connectivity index (χ4n) is 3.14. The maximum atomic E-state index is 13.1. The Balaban J connectivity index is 2.13. The zero-order chi connectivity index (χ0) is 13.8. The summed E-state index contributed by atoms with van der Waals surface area (Å²) < 4.78 is 39.2. The molecule has 0 amide bonds. The first-order valence-corrected chi connectivity index (χ1v) is 6.59. The number of benzene rings is 1. The lowest BCUT2D eigenvalue weighted by molar-refractivity contribution is -0.137. The second kappa shape index (κ2) is 3.81. The highest BCUT2D eigenvalue weighted by atomic mass is 19.4. The standard InChI is InChI=1S/C14H17F3N2/c1-9(2)19-11-5-3-4-10(14(15,16)17)12(11)18-8-13(19)6-7-13/h3-5,9,18H,6-8H2,1-2H3. The molecule has 2 aliphatic rings. The molecule has 0 radical (unpaired) electrons. The molecule has 1 aromatic rings. The molecule has 104 valence electrons. The molecule has 3 rings (SSSR count). The molecular weight excluding hydrogens is 253 g/mol. The number of para-hydroxylation sites is 1. The molecule has 1 spiro atoms. The molecule has 19 heavy (non-hydrogen) atoms. The average molecular weight is 270 g/mol. The molecule has 1 aliphatic heterocycles. The molecule has 2 nitrogen and oxygen atoms in total. The van der Waals surface area contributed by atoms with Crippen LogP contribution in [-0.4, -0.2) is 18.1 Å². The SMILES string of the molecule is CC(C)N1c2cccc(C(F)(F)F)c2NCC12CC2. The van der Waals surface area contributed by atoms with Gasteiger partial charge in [-0.1, -0.05) is 6.07 Å². The number of halogens is 3. The van der Waals surface area contributed by atoms with Crippen LogP contribution in [0, 0.1) is 0 Å². The summed E-state index contributed by atoms with van der Waals surface area (Å²) >= 11 is 0. The molecule has 0 saturated heterocycles. The minimum Gasteiger partial charge on any atom is -0.381 e. The minimum absolute atomic E-state index is 0.0331. The second-order valence-electron chi connectivity index (χ2n) is 5.74. The van der Waals surface area contributed by atoms with Gasteiger partial charge in [-0.3, -0.25) is 0 Å². The van der Waals surface area contributed by atoms with Crippen molar-refractivity contribution in [3.63, 3.8) is 0 Å². The van der Waals surface area contributed by atoms with E-state index < -0.39 is 11.7 Å². The van der Waals surface area contributed by atoms with Gasteiger partial charge in [-0.2, -0.15) is 13.2 Å². The third kappa shape index (κ3) is 1.86. The van der Waals surface area contributed by atoms with Crippen molar-refractivity contribution in [3.8, 4) is 0 Å². The van der Waals surface area contributed by atoms with Crippen molar-refractivity contribution in [2.24, 2.45) is 0 Å². The van der Waals surface area contributed by atoms with E-state index in [-0.39, 0.29) is 17.3 Å². The third-order valence-corrected chi connectivity index (χ3v) is 4.06. The van der Waals surface area contributed by atoms with Crippen LogP contribution in [0.4, 0.5) is 24.5 Å². The van der Waals surface area contributed by atoms with Crippen molar-refractivity contribution < 1.29 is 13.2 Å². The van der Waals surface area contributed by atoms with Crippen LogP contribution in [0.25, 0.3) is 0 Å². The van der Waals surface area contributed by atoms with Crippen molar-refractivity contribution in [1.82, 2.24) is 0 Å². The van der Waals surface area contributed by atoms with E-state index in [1.54, 1.807) is 6.07 Å². The van der Waals surface area contributed by atoms with Gasteiger partial charge in [0.1, 0.15) is 0 Å². The summed E-state index contributed by atoms with van der Waals surface area (Å²) in [6, 6.07) is 4.64. The summed E-state index contributed by atoms with van der Waals surface area (Å²) in [5.74, 6) is 0. The van der Waals surface area contributed by atoms with Crippen LogP contribution >= 0.6 is 0 Å². The smallest absolute Gasteiger partial charge is 0.381 e. The Morgan fingerprint density at radius 2 is 1.95 bits per heavy atom.